The van der Waals surface area contributed by atoms with Gasteiger partial charge in [0.1, 0.15) is 5.75 Å². The maximum atomic E-state index is 12.3. The molecule has 1 aromatic heterocycles. The van der Waals surface area contributed by atoms with Crippen molar-refractivity contribution in [1.29, 1.82) is 0 Å². The number of ether oxygens (including phenoxy) is 1. The lowest BCUT2D eigenvalue weighted by Gasteiger charge is -2.08. The number of hydrogen-bond acceptors (Lipinski definition) is 4. The van der Waals surface area contributed by atoms with E-state index in [0.717, 1.165) is 12.1 Å². The highest BCUT2D eigenvalue weighted by molar-refractivity contribution is 5.29. The van der Waals surface area contributed by atoms with Crippen LogP contribution in [0, 0.1) is 0 Å². The van der Waals surface area contributed by atoms with Gasteiger partial charge in [0, 0.05) is 0 Å². The van der Waals surface area contributed by atoms with Crippen molar-refractivity contribution in [3.63, 3.8) is 0 Å². The van der Waals surface area contributed by atoms with Gasteiger partial charge >= 0.3 is 6.18 Å². The van der Waals surface area contributed by atoms with E-state index in [0.29, 0.717) is 5.75 Å². The van der Waals surface area contributed by atoms with Gasteiger partial charge in [0.15, 0.2) is 6.61 Å². The Morgan fingerprint density at radius 3 is 2.39 bits per heavy atom. The summed E-state index contributed by atoms with van der Waals surface area (Å²) in [7, 11) is 0. The molecule has 0 amide bonds. The predicted octanol–water partition coefficient (Wildman–Crippen LogP) is 2.85. The number of nitrogen functional groups attached to an aromatic ring is 1. The van der Waals surface area contributed by atoms with E-state index in [1.807, 2.05) is 0 Å². The van der Waals surface area contributed by atoms with Crippen molar-refractivity contribution in [1.82, 2.24) is 4.98 Å². The van der Waals surface area contributed by atoms with Crippen LogP contribution in [0.5, 0.6) is 5.75 Å². The van der Waals surface area contributed by atoms with Gasteiger partial charge in [0.25, 0.3) is 0 Å². The Morgan fingerprint density at radius 2 is 1.89 bits per heavy atom. The molecule has 2 aromatic rings. The molecule has 0 bridgehead atoms. The zero-order valence-corrected chi connectivity index (χ0v) is 9.07. The molecule has 4 nitrogen and oxygen atoms in total. The Hall–Kier alpha value is -2.18. The van der Waals surface area contributed by atoms with E-state index < -0.39 is 11.7 Å². The van der Waals surface area contributed by atoms with E-state index >= 15 is 0 Å². The van der Waals surface area contributed by atoms with Crippen LogP contribution < -0.4 is 10.5 Å². The van der Waals surface area contributed by atoms with Crippen LogP contribution in [0.25, 0.3) is 0 Å². The summed E-state index contributed by atoms with van der Waals surface area (Å²) in [6, 6.07) is 4.35. The Kier molecular flexibility index (Phi) is 3.14. The molecule has 0 saturated heterocycles. The molecule has 0 fully saturated rings. The third-order valence-corrected chi connectivity index (χ3v) is 2.12. The van der Waals surface area contributed by atoms with Crippen molar-refractivity contribution in [3.8, 4) is 5.75 Å². The van der Waals surface area contributed by atoms with E-state index in [-0.39, 0.29) is 18.4 Å². The Balaban J connectivity index is 1.98. The summed E-state index contributed by atoms with van der Waals surface area (Å²) < 4.78 is 47.0. The van der Waals surface area contributed by atoms with Crippen LogP contribution in [-0.4, -0.2) is 4.98 Å². The topological polar surface area (TPSA) is 61.3 Å². The highest BCUT2D eigenvalue weighted by Gasteiger charge is 2.29. The number of aromatic nitrogens is 1. The first-order valence-corrected chi connectivity index (χ1v) is 4.95. The van der Waals surface area contributed by atoms with Crippen molar-refractivity contribution < 1.29 is 22.3 Å². The fourth-order valence-corrected chi connectivity index (χ4v) is 1.28. The number of nitrogens with two attached hydrogens (primary N) is 1. The van der Waals surface area contributed by atoms with Crippen LogP contribution in [0.2, 0.25) is 0 Å². The third-order valence-electron chi connectivity index (χ3n) is 2.12. The van der Waals surface area contributed by atoms with E-state index in [9.17, 15) is 13.2 Å². The molecular formula is C11H9F3N2O2. The van der Waals surface area contributed by atoms with Gasteiger partial charge in [0.05, 0.1) is 11.8 Å². The standard InChI is InChI=1S/C11H9F3N2O2/c12-11(13,14)7-1-3-8(4-2-7)17-6-10-16-5-9(15)18-10/h1-5H,6,15H2. The Morgan fingerprint density at radius 1 is 1.22 bits per heavy atom. The molecule has 2 rings (SSSR count). The molecule has 18 heavy (non-hydrogen) atoms. The van der Waals surface area contributed by atoms with Crippen LogP contribution in [0.15, 0.2) is 34.9 Å². The minimum absolute atomic E-state index is 0.00254. The van der Waals surface area contributed by atoms with Crippen molar-refractivity contribution in [2.45, 2.75) is 12.8 Å². The smallest absolute Gasteiger partial charge is 0.416 e. The SMILES string of the molecule is Nc1cnc(COc2ccc(C(F)(F)F)cc2)o1. The van der Waals surface area contributed by atoms with Gasteiger partial charge < -0.3 is 14.9 Å². The summed E-state index contributed by atoms with van der Waals surface area (Å²) in [6.07, 6.45) is -3.03. The molecule has 0 unspecified atom stereocenters. The molecule has 0 aliphatic rings. The monoisotopic (exact) mass is 258 g/mol. The summed E-state index contributed by atoms with van der Waals surface area (Å²) in [5, 5.41) is 0. The highest BCUT2D eigenvalue weighted by atomic mass is 19.4. The van der Waals surface area contributed by atoms with Gasteiger partial charge in [-0.1, -0.05) is 0 Å². The van der Waals surface area contributed by atoms with E-state index in [2.05, 4.69) is 4.98 Å². The quantitative estimate of drug-likeness (QED) is 0.919. The second-order valence-corrected chi connectivity index (χ2v) is 3.47. The first-order chi connectivity index (χ1) is 8.45. The Bertz CT molecular complexity index is 520. The van der Waals surface area contributed by atoms with Crippen LogP contribution >= 0.6 is 0 Å². The van der Waals surface area contributed by atoms with Gasteiger partial charge in [-0.2, -0.15) is 13.2 Å². The number of anilines is 1. The van der Waals surface area contributed by atoms with Gasteiger partial charge in [0.2, 0.25) is 11.8 Å². The lowest BCUT2D eigenvalue weighted by Crippen LogP contribution is -2.04. The normalized spacial score (nSPS) is 11.5. The molecule has 96 valence electrons. The highest BCUT2D eigenvalue weighted by Crippen LogP contribution is 2.30. The van der Waals surface area contributed by atoms with Gasteiger partial charge in [-0.15, -0.1) is 0 Å². The average Bonchev–Trinajstić information content (AvgIpc) is 2.72. The van der Waals surface area contributed by atoms with Crippen molar-refractivity contribution in [2.75, 3.05) is 5.73 Å². The largest absolute Gasteiger partial charge is 0.484 e. The molecule has 0 spiro atoms. The summed E-state index contributed by atoms with van der Waals surface area (Å²) in [4.78, 5) is 3.79. The molecule has 0 saturated carbocycles. The predicted molar refractivity (Wildman–Crippen MR) is 56.7 cm³/mol. The molecule has 0 aliphatic heterocycles. The van der Waals surface area contributed by atoms with E-state index in [1.54, 1.807) is 0 Å². The molecule has 7 heteroatoms. The van der Waals surface area contributed by atoms with Gasteiger partial charge in [-0.25, -0.2) is 4.98 Å². The van der Waals surface area contributed by atoms with Gasteiger partial charge in [-0.3, -0.25) is 0 Å². The number of alkyl halides is 3. The molecule has 1 aromatic carbocycles. The second-order valence-electron chi connectivity index (χ2n) is 3.47. The first kappa shape index (κ1) is 12.3. The number of rotatable bonds is 3. The number of nitrogens with zero attached hydrogens (tertiary/aromatic N) is 1. The van der Waals surface area contributed by atoms with Crippen LogP contribution in [-0.2, 0) is 12.8 Å². The van der Waals surface area contributed by atoms with E-state index in [4.69, 9.17) is 14.9 Å². The van der Waals surface area contributed by atoms with Crippen LogP contribution in [0.3, 0.4) is 0 Å². The minimum atomic E-state index is -4.35. The number of hydrogen-bond donors (Lipinski definition) is 1. The summed E-state index contributed by atoms with van der Waals surface area (Å²) >= 11 is 0. The summed E-state index contributed by atoms with van der Waals surface area (Å²) in [6.45, 7) is 0.00254. The Labute approximate surface area is 100 Å². The van der Waals surface area contributed by atoms with Crippen molar-refractivity contribution in [3.05, 3.63) is 41.9 Å². The zero-order chi connectivity index (χ0) is 13.2. The van der Waals surface area contributed by atoms with Crippen molar-refractivity contribution in [2.24, 2.45) is 0 Å². The van der Waals surface area contributed by atoms with Crippen molar-refractivity contribution >= 4 is 5.88 Å². The number of oxazole rings is 1. The molecule has 1 heterocycles. The summed E-state index contributed by atoms with van der Waals surface area (Å²) in [5.41, 5.74) is 4.58. The number of benzene rings is 1. The second kappa shape index (κ2) is 4.59. The van der Waals surface area contributed by atoms with E-state index in [1.165, 1.54) is 18.3 Å². The molecule has 2 N–H and O–H groups in total. The van der Waals surface area contributed by atoms with Crippen LogP contribution in [0.1, 0.15) is 11.5 Å². The third kappa shape index (κ3) is 2.93. The average molecular weight is 258 g/mol. The minimum Gasteiger partial charge on any atom is -0.484 e. The molecule has 0 atom stereocenters. The maximum absolute atomic E-state index is 12.3. The van der Waals surface area contributed by atoms with Crippen LogP contribution in [0.4, 0.5) is 19.1 Å². The lowest BCUT2D eigenvalue weighted by molar-refractivity contribution is -0.137. The summed E-state index contributed by atoms with van der Waals surface area (Å²) in [5.74, 6) is 0.702. The first-order valence-electron chi connectivity index (χ1n) is 4.95. The molecule has 0 aliphatic carbocycles. The molecular weight excluding hydrogens is 249 g/mol. The fraction of sp³-hybridized carbons (Fsp3) is 0.182. The fourth-order valence-electron chi connectivity index (χ4n) is 1.28. The zero-order valence-electron chi connectivity index (χ0n) is 9.07. The molecule has 0 radical (unpaired) electrons. The number of halogens is 3. The lowest BCUT2D eigenvalue weighted by atomic mass is 10.2. The maximum Gasteiger partial charge on any atom is 0.416 e. The van der Waals surface area contributed by atoms with Gasteiger partial charge in [-0.05, 0) is 24.3 Å².